The van der Waals surface area contributed by atoms with E-state index in [9.17, 15) is 4.79 Å². The van der Waals surface area contributed by atoms with Crippen molar-refractivity contribution in [3.05, 3.63) is 18.0 Å². The third-order valence-corrected chi connectivity index (χ3v) is 6.59. The Balaban J connectivity index is 1.58. The number of hydrogen-bond acceptors (Lipinski definition) is 6. The van der Waals surface area contributed by atoms with Crippen LogP contribution in [0.3, 0.4) is 0 Å². The van der Waals surface area contributed by atoms with Crippen molar-refractivity contribution in [2.45, 2.75) is 56.3 Å². The number of hydrogen-bond donors (Lipinski definition) is 1. The molecular formula is C19H31N5OS. The Bertz CT molecular complexity index is 596. The van der Waals surface area contributed by atoms with Crippen LogP contribution in [-0.2, 0) is 11.3 Å². The smallest absolute Gasteiger partial charge is 0.220 e. The van der Waals surface area contributed by atoms with Crippen LogP contribution in [0.1, 0.15) is 44.6 Å². The summed E-state index contributed by atoms with van der Waals surface area (Å²) in [5, 5.41) is 3.90. The predicted molar refractivity (Wildman–Crippen MR) is 105 cm³/mol. The number of piperazine rings is 1. The van der Waals surface area contributed by atoms with Crippen LogP contribution in [-0.4, -0.2) is 70.2 Å². The Morgan fingerprint density at radius 2 is 2.08 bits per heavy atom. The zero-order valence-corrected chi connectivity index (χ0v) is 16.9. The third kappa shape index (κ3) is 4.96. The maximum absolute atomic E-state index is 11.8. The quantitative estimate of drug-likeness (QED) is 0.466. The molecule has 1 spiro atoms. The lowest BCUT2D eigenvalue weighted by molar-refractivity contribution is -0.121. The molecule has 1 amide bonds. The fraction of sp³-hybridized carbons (Fsp3) is 0.737. The molecular weight excluding hydrogens is 346 g/mol. The van der Waals surface area contributed by atoms with E-state index in [1.165, 1.54) is 18.4 Å². The van der Waals surface area contributed by atoms with Gasteiger partial charge in [0, 0.05) is 68.4 Å². The number of carbonyl (C=O) groups excluding carboxylic acids is 1. The van der Waals surface area contributed by atoms with E-state index >= 15 is 0 Å². The lowest BCUT2D eigenvalue weighted by Crippen LogP contribution is -2.60. The van der Waals surface area contributed by atoms with Crippen molar-refractivity contribution in [2.24, 2.45) is 0 Å². The molecule has 2 fully saturated rings. The summed E-state index contributed by atoms with van der Waals surface area (Å²) in [5.41, 5.74) is 1.28. The Labute approximate surface area is 161 Å². The van der Waals surface area contributed by atoms with Gasteiger partial charge < -0.3 is 5.32 Å². The minimum Gasteiger partial charge on any atom is -0.356 e. The first kappa shape index (κ1) is 19.6. The van der Waals surface area contributed by atoms with Gasteiger partial charge in [-0.05, 0) is 26.3 Å². The summed E-state index contributed by atoms with van der Waals surface area (Å²) < 4.78 is 0. The van der Waals surface area contributed by atoms with Crippen molar-refractivity contribution in [3.63, 3.8) is 0 Å². The molecule has 3 rings (SSSR count). The second-order valence-corrected chi connectivity index (χ2v) is 8.59. The van der Waals surface area contributed by atoms with Crippen molar-refractivity contribution in [1.29, 1.82) is 0 Å². The average Bonchev–Trinajstić information content (AvgIpc) is 2.82. The number of unbranched alkanes of at least 4 members (excludes halogenated alkanes) is 1. The first-order chi connectivity index (χ1) is 12.6. The molecule has 1 aromatic heterocycles. The van der Waals surface area contributed by atoms with Gasteiger partial charge in [-0.15, -0.1) is 0 Å². The van der Waals surface area contributed by atoms with Gasteiger partial charge in [-0.2, -0.15) is 0 Å². The van der Waals surface area contributed by atoms with Crippen LogP contribution >= 0.6 is 11.8 Å². The number of thioether (sulfide) groups is 1. The van der Waals surface area contributed by atoms with Crippen molar-refractivity contribution in [2.75, 3.05) is 39.0 Å². The second kappa shape index (κ2) is 9.15. The van der Waals surface area contributed by atoms with Gasteiger partial charge in [0.1, 0.15) is 0 Å². The van der Waals surface area contributed by atoms with Gasteiger partial charge in [0.25, 0.3) is 0 Å². The zero-order chi connectivity index (χ0) is 18.4. The van der Waals surface area contributed by atoms with E-state index in [1.807, 2.05) is 12.4 Å². The molecule has 0 unspecified atom stereocenters. The van der Waals surface area contributed by atoms with E-state index in [2.05, 4.69) is 39.1 Å². The molecule has 7 heteroatoms. The largest absolute Gasteiger partial charge is 0.356 e. The van der Waals surface area contributed by atoms with Gasteiger partial charge >= 0.3 is 0 Å². The van der Waals surface area contributed by atoms with E-state index in [0.29, 0.717) is 6.42 Å². The molecule has 2 aliphatic rings. The lowest BCUT2D eigenvalue weighted by atomic mass is 9.86. The molecule has 1 atom stereocenters. The number of carbonyl (C=O) groups is 1. The first-order valence-corrected chi connectivity index (χ1v) is 10.7. The van der Waals surface area contributed by atoms with E-state index in [4.69, 9.17) is 0 Å². The van der Waals surface area contributed by atoms with Gasteiger partial charge in [-0.25, -0.2) is 9.97 Å². The number of amides is 1. The van der Waals surface area contributed by atoms with Crippen LogP contribution in [0.25, 0.3) is 0 Å². The highest BCUT2D eigenvalue weighted by Gasteiger charge is 2.40. The number of aromatic nitrogens is 2. The Hall–Kier alpha value is -1.18. The minimum absolute atomic E-state index is 0.105. The van der Waals surface area contributed by atoms with Crippen molar-refractivity contribution in [3.8, 4) is 0 Å². The molecule has 0 bridgehead atoms. The van der Waals surface area contributed by atoms with Crippen LogP contribution in [0.2, 0.25) is 0 Å². The highest BCUT2D eigenvalue weighted by molar-refractivity contribution is 7.99. The number of nitrogens with zero attached hydrogens (tertiary/aromatic N) is 4. The average molecular weight is 378 g/mol. The van der Waals surface area contributed by atoms with Crippen LogP contribution in [0.15, 0.2) is 17.6 Å². The van der Waals surface area contributed by atoms with Gasteiger partial charge in [-0.1, -0.05) is 25.1 Å². The third-order valence-electron chi connectivity index (χ3n) is 5.63. The van der Waals surface area contributed by atoms with E-state index in [0.717, 1.165) is 56.5 Å². The fourth-order valence-electron chi connectivity index (χ4n) is 3.88. The zero-order valence-electron chi connectivity index (χ0n) is 16.0. The molecule has 2 aliphatic heterocycles. The summed E-state index contributed by atoms with van der Waals surface area (Å²) in [7, 11) is 2.21. The summed E-state index contributed by atoms with van der Waals surface area (Å²) in [6, 6.07) is 0. The SMILES string of the molecule is CCCCSc1ncc(CN2CCN(C)[C@]3(CCNC(=O)CC3)C2)cn1. The Morgan fingerprint density at radius 1 is 1.27 bits per heavy atom. The van der Waals surface area contributed by atoms with Crippen molar-refractivity contribution in [1.82, 2.24) is 25.1 Å². The Kier molecular flexibility index (Phi) is 6.89. The van der Waals surface area contributed by atoms with Gasteiger partial charge in [0.2, 0.25) is 5.91 Å². The maximum Gasteiger partial charge on any atom is 0.220 e. The normalized spacial score (nSPS) is 25.2. The minimum atomic E-state index is 0.105. The Morgan fingerprint density at radius 3 is 2.85 bits per heavy atom. The van der Waals surface area contributed by atoms with Crippen molar-refractivity contribution >= 4 is 17.7 Å². The predicted octanol–water partition coefficient (Wildman–Crippen LogP) is 2.16. The summed E-state index contributed by atoms with van der Waals surface area (Å²) in [5.74, 6) is 1.28. The summed E-state index contributed by atoms with van der Waals surface area (Å²) in [6.07, 6.45) is 8.96. The summed E-state index contributed by atoms with van der Waals surface area (Å²) in [4.78, 5) is 25.8. The number of rotatable bonds is 6. The molecule has 3 heterocycles. The maximum atomic E-state index is 11.8. The van der Waals surface area contributed by atoms with Gasteiger partial charge in [0.05, 0.1) is 0 Å². The molecule has 0 saturated carbocycles. The molecule has 26 heavy (non-hydrogen) atoms. The molecule has 1 aromatic rings. The summed E-state index contributed by atoms with van der Waals surface area (Å²) >= 11 is 1.74. The van der Waals surface area contributed by atoms with Crippen LogP contribution < -0.4 is 5.32 Å². The highest BCUT2D eigenvalue weighted by Crippen LogP contribution is 2.31. The van der Waals surface area contributed by atoms with E-state index in [1.54, 1.807) is 11.8 Å². The molecule has 0 aliphatic carbocycles. The fourth-order valence-corrected chi connectivity index (χ4v) is 4.75. The number of nitrogens with one attached hydrogen (secondary N) is 1. The van der Waals surface area contributed by atoms with Gasteiger partial charge in [0.15, 0.2) is 5.16 Å². The topological polar surface area (TPSA) is 61.4 Å². The van der Waals surface area contributed by atoms with Crippen LogP contribution in [0.5, 0.6) is 0 Å². The van der Waals surface area contributed by atoms with E-state index < -0.39 is 0 Å². The molecule has 1 N–H and O–H groups in total. The molecule has 2 saturated heterocycles. The molecule has 0 aromatic carbocycles. The monoisotopic (exact) mass is 377 g/mol. The van der Waals surface area contributed by atoms with Crippen LogP contribution in [0, 0.1) is 0 Å². The second-order valence-electron chi connectivity index (χ2n) is 7.53. The van der Waals surface area contributed by atoms with Crippen molar-refractivity contribution < 1.29 is 4.79 Å². The van der Waals surface area contributed by atoms with Gasteiger partial charge in [-0.3, -0.25) is 14.6 Å². The molecule has 0 radical (unpaired) electrons. The first-order valence-electron chi connectivity index (χ1n) is 9.75. The standard InChI is InChI=1S/C19H31N5OS/c1-3-4-11-26-18-21-12-16(13-22-18)14-24-10-9-23(2)19(15-24)6-5-17(25)20-8-7-19/h12-13H,3-11,14-15H2,1-2H3,(H,20,25)/t19-/m1/s1. The molecule has 144 valence electrons. The molecule has 6 nitrogen and oxygen atoms in total. The summed E-state index contributed by atoms with van der Waals surface area (Å²) in [6.45, 7) is 6.96. The highest BCUT2D eigenvalue weighted by atomic mass is 32.2. The van der Waals surface area contributed by atoms with E-state index in [-0.39, 0.29) is 11.4 Å². The van der Waals surface area contributed by atoms with Crippen LogP contribution in [0.4, 0.5) is 0 Å². The lowest BCUT2D eigenvalue weighted by Gasteiger charge is -2.49. The number of likely N-dealkylation sites (N-methyl/N-ethyl adjacent to an activating group) is 1.